The van der Waals surface area contributed by atoms with Crippen molar-refractivity contribution in [1.82, 2.24) is 5.48 Å². The van der Waals surface area contributed by atoms with Crippen LogP contribution in [0.5, 0.6) is 0 Å². The molecule has 0 saturated heterocycles. The number of hydrogen-bond donors (Lipinski definition) is 5. The van der Waals surface area contributed by atoms with Crippen molar-refractivity contribution < 1.29 is 29.4 Å². The molecular weight excluding hydrogens is 355 g/mol. The van der Waals surface area contributed by atoms with E-state index in [1.807, 2.05) is 0 Å². The van der Waals surface area contributed by atoms with E-state index < -0.39 is 29.4 Å². The van der Waals surface area contributed by atoms with Crippen molar-refractivity contribution in [2.45, 2.75) is 56.7 Å². The second kappa shape index (κ2) is 9.25. The fourth-order valence-electron chi connectivity index (χ4n) is 3.77. The number of aliphatic hydroxyl groups excluding tert-OH is 1. The zero-order valence-electron chi connectivity index (χ0n) is 15.1. The van der Waals surface area contributed by atoms with Gasteiger partial charge in [0.2, 0.25) is 11.8 Å². The standard InChI is InChI=1S/C19H27FN2O5/c20-14-4-1-12(2-5-14)3-6-15(23)11-16(18(25)22-27)19(26)9-7-13(8-10-19)17(21)24/h1-2,4-5,13,15-16,23,26-27H,3,6-11H2,(H2,21,24)(H,22,25). The molecule has 0 aromatic heterocycles. The van der Waals surface area contributed by atoms with E-state index >= 15 is 0 Å². The second-order valence-electron chi connectivity index (χ2n) is 7.36. The molecule has 1 aromatic rings. The van der Waals surface area contributed by atoms with Gasteiger partial charge in [0.05, 0.1) is 17.6 Å². The predicted octanol–water partition coefficient (Wildman–Crippen LogP) is 1.04. The van der Waals surface area contributed by atoms with Gasteiger partial charge in [-0.3, -0.25) is 14.8 Å². The summed E-state index contributed by atoms with van der Waals surface area (Å²) in [6, 6.07) is 5.92. The van der Waals surface area contributed by atoms with Crippen LogP contribution in [0.1, 0.15) is 44.1 Å². The molecule has 2 atom stereocenters. The number of aryl methyl sites for hydroxylation is 1. The summed E-state index contributed by atoms with van der Waals surface area (Å²) in [6.45, 7) is 0. The molecule has 0 aliphatic heterocycles. The summed E-state index contributed by atoms with van der Waals surface area (Å²) < 4.78 is 12.9. The number of carbonyl (C=O) groups is 2. The minimum atomic E-state index is -1.42. The zero-order valence-corrected chi connectivity index (χ0v) is 15.1. The Bertz CT molecular complexity index is 644. The number of nitrogens with one attached hydrogen (secondary N) is 1. The molecule has 150 valence electrons. The second-order valence-corrected chi connectivity index (χ2v) is 7.36. The summed E-state index contributed by atoms with van der Waals surface area (Å²) in [7, 11) is 0. The third-order valence-electron chi connectivity index (χ3n) is 5.52. The molecule has 2 unspecified atom stereocenters. The van der Waals surface area contributed by atoms with E-state index in [0.29, 0.717) is 25.7 Å². The van der Waals surface area contributed by atoms with E-state index in [4.69, 9.17) is 10.9 Å². The number of nitrogens with two attached hydrogens (primary N) is 1. The molecule has 6 N–H and O–H groups in total. The molecule has 0 radical (unpaired) electrons. The van der Waals surface area contributed by atoms with Crippen LogP contribution in [0, 0.1) is 17.7 Å². The third kappa shape index (κ3) is 5.72. The van der Waals surface area contributed by atoms with Gasteiger partial charge < -0.3 is 15.9 Å². The molecule has 0 spiro atoms. The Morgan fingerprint density at radius 3 is 2.37 bits per heavy atom. The highest BCUT2D eigenvalue weighted by atomic mass is 19.1. The SMILES string of the molecule is NC(=O)C1CCC(O)(C(CC(O)CCc2ccc(F)cc2)C(=O)NO)CC1. The lowest BCUT2D eigenvalue weighted by molar-refractivity contribution is -0.150. The lowest BCUT2D eigenvalue weighted by Crippen LogP contribution is -2.50. The van der Waals surface area contributed by atoms with Crippen molar-refractivity contribution >= 4 is 11.8 Å². The van der Waals surface area contributed by atoms with Gasteiger partial charge in [0.25, 0.3) is 0 Å². The van der Waals surface area contributed by atoms with Gasteiger partial charge in [0, 0.05) is 5.92 Å². The molecule has 1 saturated carbocycles. The monoisotopic (exact) mass is 382 g/mol. The average Bonchev–Trinajstić information content (AvgIpc) is 2.65. The van der Waals surface area contributed by atoms with E-state index in [0.717, 1.165) is 5.56 Å². The summed E-state index contributed by atoms with van der Waals surface area (Å²) in [5.41, 5.74) is 6.29. The number of hydrogen-bond acceptors (Lipinski definition) is 5. The maximum absolute atomic E-state index is 12.9. The molecule has 8 heteroatoms. The van der Waals surface area contributed by atoms with Gasteiger partial charge in [-0.05, 0) is 62.6 Å². The smallest absolute Gasteiger partial charge is 0.249 e. The molecule has 1 aromatic carbocycles. The Labute approximate surface area is 157 Å². The van der Waals surface area contributed by atoms with E-state index in [1.165, 1.54) is 12.1 Å². The van der Waals surface area contributed by atoms with Gasteiger partial charge in [-0.25, -0.2) is 9.87 Å². The van der Waals surface area contributed by atoms with Crippen LogP contribution in [-0.2, 0) is 16.0 Å². The van der Waals surface area contributed by atoms with E-state index in [-0.39, 0.29) is 31.0 Å². The van der Waals surface area contributed by atoms with Crippen LogP contribution in [0.25, 0.3) is 0 Å². The quantitative estimate of drug-likeness (QED) is 0.338. The average molecular weight is 382 g/mol. The highest BCUT2D eigenvalue weighted by molar-refractivity contribution is 5.79. The summed E-state index contributed by atoms with van der Waals surface area (Å²) in [4.78, 5) is 23.4. The first-order valence-electron chi connectivity index (χ1n) is 9.13. The number of aliphatic hydroxyl groups is 2. The van der Waals surface area contributed by atoms with E-state index in [2.05, 4.69) is 0 Å². The van der Waals surface area contributed by atoms with Crippen molar-refractivity contribution in [3.8, 4) is 0 Å². The van der Waals surface area contributed by atoms with Crippen LogP contribution in [0.15, 0.2) is 24.3 Å². The van der Waals surface area contributed by atoms with Crippen molar-refractivity contribution in [3.63, 3.8) is 0 Å². The van der Waals surface area contributed by atoms with Crippen LogP contribution < -0.4 is 11.2 Å². The summed E-state index contributed by atoms with van der Waals surface area (Å²) in [6.07, 6.45) is 0.949. The molecule has 2 rings (SSSR count). The van der Waals surface area contributed by atoms with Crippen LogP contribution in [-0.4, -0.2) is 38.9 Å². The fourth-order valence-corrected chi connectivity index (χ4v) is 3.77. The van der Waals surface area contributed by atoms with Crippen LogP contribution in [0.3, 0.4) is 0 Å². The first kappa shape index (κ1) is 21.3. The summed E-state index contributed by atoms with van der Waals surface area (Å²) in [5.74, 6) is -2.89. The zero-order chi connectivity index (χ0) is 20.0. The van der Waals surface area contributed by atoms with Gasteiger partial charge in [0.15, 0.2) is 0 Å². The Kier molecular flexibility index (Phi) is 7.29. The molecule has 0 heterocycles. The van der Waals surface area contributed by atoms with Crippen molar-refractivity contribution in [1.29, 1.82) is 0 Å². The lowest BCUT2D eigenvalue weighted by Gasteiger charge is -2.40. The number of hydroxylamine groups is 1. The third-order valence-corrected chi connectivity index (χ3v) is 5.52. The number of halogens is 1. The van der Waals surface area contributed by atoms with Crippen LogP contribution in [0.4, 0.5) is 4.39 Å². The number of benzene rings is 1. The first-order valence-corrected chi connectivity index (χ1v) is 9.13. The summed E-state index contributed by atoms with van der Waals surface area (Å²) >= 11 is 0. The van der Waals surface area contributed by atoms with Crippen molar-refractivity contribution in [3.05, 3.63) is 35.6 Å². The summed E-state index contributed by atoms with van der Waals surface area (Å²) in [5, 5.41) is 30.3. The highest BCUT2D eigenvalue weighted by Gasteiger charge is 2.45. The molecule has 7 nitrogen and oxygen atoms in total. The normalized spacial score (nSPS) is 24.8. The largest absolute Gasteiger partial charge is 0.393 e. The molecule has 1 aliphatic rings. The molecule has 27 heavy (non-hydrogen) atoms. The van der Waals surface area contributed by atoms with Crippen LogP contribution in [0.2, 0.25) is 0 Å². The number of carbonyl (C=O) groups excluding carboxylic acids is 2. The molecule has 0 bridgehead atoms. The maximum Gasteiger partial charge on any atom is 0.249 e. The molecular formula is C19H27FN2O5. The first-order chi connectivity index (χ1) is 12.7. The lowest BCUT2D eigenvalue weighted by atomic mass is 9.70. The van der Waals surface area contributed by atoms with Gasteiger partial charge in [-0.2, -0.15) is 0 Å². The van der Waals surface area contributed by atoms with Gasteiger partial charge in [-0.15, -0.1) is 0 Å². The minimum Gasteiger partial charge on any atom is -0.393 e. The van der Waals surface area contributed by atoms with Gasteiger partial charge >= 0.3 is 0 Å². The highest BCUT2D eigenvalue weighted by Crippen LogP contribution is 2.39. The Hall–Kier alpha value is -2.03. The molecule has 2 amide bonds. The number of amides is 2. The fraction of sp³-hybridized carbons (Fsp3) is 0.579. The minimum absolute atomic E-state index is 0.0364. The maximum atomic E-state index is 12.9. The van der Waals surface area contributed by atoms with Crippen molar-refractivity contribution in [2.24, 2.45) is 17.6 Å². The van der Waals surface area contributed by atoms with E-state index in [9.17, 15) is 24.2 Å². The molecule has 1 fully saturated rings. The van der Waals surface area contributed by atoms with E-state index in [1.54, 1.807) is 17.6 Å². The Morgan fingerprint density at radius 2 is 1.85 bits per heavy atom. The number of rotatable bonds is 8. The topological polar surface area (TPSA) is 133 Å². The van der Waals surface area contributed by atoms with Gasteiger partial charge in [0.1, 0.15) is 5.82 Å². The number of primary amides is 1. The van der Waals surface area contributed by atoms with Crippen molar-refractivity contribution in [2.75, 3.05) is 0 Å². The predicted molar refractivity (Wildman–Crippen MR) is 94.9 cm³/mol. The Morgan fingerprint density at radius 1 is 1.26 bits per heavy atom. The Balaban J connectivity index is 1.98. The van der Waals surface area contributed by atoms with Crippen LogP contribution >= 0.6 is 0 Å². The molecule has 1 aliphatic carbocycles. The van der Waals surface area contributed by atoms with Gasteiger partial charge in [-0.1, -0.05) is 12.1 Å².